The highest BCUT2D eigenvalue weighted by molar-refractivity contribution is 5.96. The molecule has 0 spiro atoms. The Kier molecular flexibility index (Phi) is 7.63. The van der Waals surface area contributed by atoms with Gasteiger partial charge in [-0.15, -0.1) is 10.2 Å². The van der Waals surface area contributed by atoms with Crippen molar-refractivity contribution in [3.8, 4) is 11.1 Å². The molecule has 1 fully saturated rings. The minimum absolute atomic E-state index is 0.0732. The third-order valence-corrected chi connectivity index (χ3v) is 6.66. The van der Waals surface area contributed by atoms with Crippen LogP contribution in [0.1, 0.15) is 23.0 Å². The molecular formula is C29H30N8O2. The molecule has 0 radical (unpaired) electrons. The van der Waals surface area contributed by atoms with Crippen LogP contribution in [-0.4, -0.2) is 58.1 Å². The Morgan fingerprint density at radius 3 is 2.38 bits per heavy atom. The standard InChI is InChI=1S/C29H30N8O2/c1-20(38)36-12-14-37(15-13-36)25-9-7-24(8-10-25)33-27-17-26(28(29(30)39)35-34-27)32-18-21-4-2-5-22(16-21)23-6-3-11-31-19-23/h2-11,16-17,19H,12-15,18H2,1H3,(H2,30,39)(H2,32,33,34). The Bertz CT molecular complexity index is 1450. The number of benzene rings is 2. The van der Waals surface area contributed by atoms with Gasteiger partial charge in [0.25, 0.3) is 5.91 Å². The molecule has 3 heterocycles. The molecule has 0 saturated carbocycles. The van der Waals surface area contributed by atoms with Crippen LogP contribution in [0.2, 0.25) is 0 Å². The van der Waals surface area contributed by atoms with Crippen molar-refractivity contribution in [2.75, 3.05) is 41.7 Å². The molecule has 198 valence electrons. The van der Waals surface area contributed by atoms with E-state index in [0.717, 1.165) is 54.2 Å². The fraction of sp³-hybridized carbons (Fsp3) is 0.207. The van der Waals surface area contributed by atoms with Crippen LogP contribution < -0.4 is 21.3 Å². The minimum Gasteiger partial charge on any atom is -0.379 e. The molecule has 5 rings (SSSR count). The first kappa shape index (κ1) is 25.7. The third kappa shape index (κ3) is 6.30. The number of amides is 2. The van der Waals surface area contributed by atoms with Gasteiger partial charge < -0.3 is 26.2 Å². The topological polar surface area (TPSA) is 129 Å². The second-order valence-electron chi connectivity index (χ2n) is 9.32. The van der Waals surface area contributed by atoms with Gasteiger partial charge in [-0.1, -0.05) is 24.3 Å². The number of nitrogens with one attached hydrogen (secondary N) is 2. The van der Waals surface area contributed by atoms with E-state index in [1.807, 2.05) is 65.7 Å². The van der Waals surface area contributed by atoms with Gasteiger partial charge in [-0.2, -0.15) is 0 Å². The molecule has 2 aromatic carbocycles. The number of piperazine rings is 1. The van der Waals surface area contributed by atoms with Crippen LogP contribution >= 0.6 is 0 Å². The summed E-state index contributed by atoms with van der Waals surface area (Å²) < 4.78 is 0. The largest absolute Gasteiger partial charge is 0.379 e. The Morgan fingerprint density at radius 2 is 1.69 bits per heavy atom. The van der Waals surface area contributed by atoms with Gasteiger partial charge in [0, 0.05) is 69.5 Å². The van der Waals surface area contributed by atoms with Crippen LogP contribution in [0.5, 0.6) is 0 Å². The van der Waals surface area contributed by atoms with Crippen LogP contribution in [-0.2, 0) is 11.3 Å². The Morgan fingerprint density at radius 1 is 0.923 bits per heavy atom. The Balaban J connectivity index is 1.26. The maximum Gasteiger partial charge on any atom is 0.271 e. The van der Waals surface area contributed by atoms with Crippen molar-refractivity contribution in [1.29, 1.82) is 0 Å². The van der Waals surface area contributed by atoms with Crippen molar-refractivity contribution in [1.82, 2.24) is 20.1 Å². The zero-order valence-electron chi connectivity index (χ0n) is 21.7. The number of anilines is 4. The average Bonchev–Trinajstić information content (AvgIpc) is 2.97. The van der Waals surface area contributed by atoms with E-state index >= 15 is 0 Å². The molecule has 4 N–H and O–H groups in total. The number of rotatable bonds is 8. The summed E-state index contributed by atoms with van der Waals surface area (Å²) >= 11 is 0. The van der Waals surface area contributed by atoms with E-state index in [9.17, 15) is 9.59 Å². The van der Waals surface area contributed by atoms with E-state index in [4.69, 9.17) is 5.73 Å². The number of primary amides is 1. The molecule has 1 saturated heterocycles. The lowest BCUT2D eigenvalue weighted by Crippen LogP contribution is -2.48. The van der Waals surface area contributed by atoms with Gasteiger partial charge in [-0.3, -0.25) is 14.6 Å². The molecule has 0 atom stereocenters. The fourth-order valence-corrected chi connectivity index (χ4v) is 4.54. The van der Waals surface area contributed by atoms with Gasteiger partial charge in [0.2, 0.25) is 5.91 Å². The van der Waals surface area contributed by atoms with E-state index in [1.165, 1.54) is 0 Å². The first-order chi connectivity index (χ1) is 19.0. The van der Waals surface area contributed by atoms with E-state index in [-0.39, 0.29) is 11.6 Å². The SMILES string of the molecule is CC(=O)N1CCN(c2ccc(Nc3cc(NCc4cccc(-c5cccnc5)c4)c(C(N)=O)nn3)cc2)CC1. The van der Waals surface area contributed by atoms with Crippen molar-refractivity contribution >= 4 is 34.7 Å². The van der Waals surface area contributed by atoms with Gasteiger partial charge >= 0.3 is 0 Å². The van der Waals surface area contributed by atoms with Crippen molar-refractivity contribution in [3.05, 3.63) is 90.4 Å². The molecular weight excluding hydrogens is 492 g/mol. The normalized spacial score (nSPS) is 13.2. The number of carbonyl (C=O) groups is 2. The summed E-state index contributed by atoms with van der Waals surface area (Å²) in [5.74, 6) is -0.0610. The maximum atomic E-state index is 12.0. The van der Waals surface area contributed by atoms with Crippen LogP contribution in [0.25, 0.3) is 11.1 Å². The third-order valence-electron chi connectivity index (χ3n) is 6.66. The molecule has 10 heteroatoms. The lowest BCUT2D eigenvalue weighted by atomic mass is 10.0. The van der Waals surface area contributed by atoms with Crippen molar-refractivity contribution in [2.24, 2.45) is 5.73 Å². The summed E-state index contributed by atoms with van der Waals surface area (Å²) in [5.41, 5.74) is 11.2. The zero-order valence-corrected chi connectivity index (χ0v) is 21.7. The summed E-state index contributed by atoms with van der Waals surface area (Å²) in [5, 5.41) is 14.7. The summed E-state index contributed by atoms with van der Waals surface area (Å²) in [6.45, 7) is 5.11. The second kappa shape index (κ2) is 11.6. The number of nitrogens with two attached hydrogens (primary N) is 1. The van der Waals surface area contributed by atoms with Gasteiger partial charge in [-0.05, 0) is 53.1 Å². The summed E-state index contributed by atoms with van der Waals surface area (Å²) in [7, 11) is 0. The van der Waals surface area contributed by atoms with Gasteiger partial charge in [-0.25, -0.2) is 0 Å². The fourth-order valence-electron chi connectivity index (χ4n) is 4.54. The number of aromatic nitrogens is 3. The highest BCUT2D eigenvalue weighted by atomic mass is 16.2. The van der Waals surface area contributed by atoms with Gasteiger partial charge in [0.1, 0.15) is 0 Å². The van der Waals surface area contributed by atoms with Crippen molar-refractivity contribution in [3.63, 3.8) is 0 Å². The predicted octanol–water partition coefficient (Wildman–Crippen LogP) is 3.66. The lowest BCUT2D eigenvalue weighted by Gasteiger charge is -2.35. The second-order valence-corrected chi connectivity index (χ2v) is 9.32. The number of hydrogen-bond donors (Lipinski definition) is 3. The minimum atomic E-state index is -0.658. The number of pyridine rings is 1. The van der Waals surface area contributed by atoms with Crippen molar-refractivity contribution in [2.45, 2.75) is 13.5 Å². The first-order valence-corrected chi connectivity index (χ1v) is 12.7. The highest BCUT2D eigenvalue weighted by Gasteiger charge is 2.19. The molecule has 1 aliphatic heterocycles. The van der Waals surface area contributed by atoms with Gasteiger partial charge in [0.05, 0.1) is 5.69 Å². The smallest absolute Gasteiger partial charge is 0.271 e. The quantitative estimate of drug-likeness (QED) is 0.320. The van der Waals surface area contributed by atoms with E-state index < -0.39 is 5.91 Å². The summed E-state index contributed by atoms with van der Waals surface area (Å²) in [6, 6.07) is 21.7. The molecule has 0 unspecified atom stereocenters. The molecule has 1 aliphatic rings. The molecule has 10 nitrogen and oxygen atoms in total. The Labute approximate surface area is 226 Å². The maximum absolute atomic E-state index is 12.0. The summed E-state index contributed by atoms with van der Waals surface area (Å²) in [4.78, 5) is 31.9. The lowest BCUT2D eigenvalue weighted by molar-refractivity contribution is -0.129. The number of hydrogen-bond acceptors (Lipinski definition) is 8. The molecule has 39 heavy (non-hydrogen) atoms. The predicted molar refractivity (Wildman–Crippen MR) is 152 cm³/mol. The molecule has 2 amide bonds. The molecule has 2 aromatic heterocycles. The Hall–Kier alpha value is -4.99. The molecule has 0 aliphatic carbocycles. The molecule has 0 bridgehead atoms. The molecule has 4 aromatic rings. The van der Waals surface area contributed by atoms with Crippen LogP contribution in [0.3, 0.4) is 0 Å². The van der Waals surface area contributed by atoms with Crippen LogP contribution in [0.4, 0.5) is 22.9 Å². The van der Waals surface area contributed by atoms with E-state index in [0.29, 0.717) is 18.1 Å². The van der Waals surface area contributed by atoms with Gasteiger partial charge in [0.15, 0.2) is 11.5 Å². The zero-order chi connectivity index (χ0) is 27.2. The van der Waals surface area contributed by atoms with E-state index in [2.05, 4.69) is 36.8 Å². The number of carbonyl (C=O) groups excluding carboxylic acids is 2. The summed E-state index contributed by atoms with van der Waals surface area (Å²) in [6.07, 6.45) is 3.57. The first-order valence-electron chi connectivity index (χ1n) is 12.7. The van der Waals surface area contributed by atoms with E-state index in [1.54, 1.807) is 19.2 Å². The van der Waals surface area contributed by atoms with Crippen LogP contribution in [0.15, 0.2) is 79.1 Å². The van der Waals surface area contributed by atoms with Crippen molar-refractivity contribution < 1.29 is 9.59 Å². The monoisotopic (exact) mass is 522 g/mol. The van der Waals surface area contributed by atoms with Crippen LogP contribution in [0, 0.1) is 0 Å². The number of nitrogens with zero attached hydrogens (tertiary/aromatic N) is 5. The highest BCUT2D eigenvalue weighted by Crippen LogP contribution is 2.25. The average molecular weight is 523 g/mol.